The van der Waals surface area contributed by atoms with Crippen LogP contribution in [-0.4, -0.2) is 11.6 Å². The van der Waals surface area contributed by atoms with Crippen LogP contribution in [0.25, 0.3) is 0 Å². The van der Waals surface area contributed by atoms with E-state index in [1.54, 1.807) is 12.2 Å². The third-order valence-corrected chi connectivity index (χ3v) is 6.42. The van der Waals surface area contributed by atoms with E-state index in [-0.39, 0.29) is 28.1 Å². The number of anilines is 2. The molecule has 214 valence electrons. The maximum atomic E-state index is 12.1. The summed E-state index contributed by atoms with van der Waals surface area (Å²) >= 11 is 0. The average molecular weight is 589 g/mol. The molecule has 0 saturated heterocycles. The number of allylic oxidation sites excluding steroid dienone is 4. The Hall–Kier alpha value is -4.21. The van der Waals surface area contributed by atoms with Gasteiger partial charge in [-0.05, 0) is 63.8 Å². The minimum atomic E-state index is 0. The molecule has 41 heavy (non-hydrogen) atoms. The topological polar surface area (TPSA) is 58.2 Å². The van der Waals surface area contributed by atoms with Crippen molar-refractivity contribution in [2.75, 3.05) is 10.6 Å². The number of hydrogen-bond acceptors (Lipinski definition) is 4. The van der Waals surface area contributed by atoms with E-state index in [1.165, 1.54) is 22.3 Å². The van der Waals surface area contributed by atoms with Crippen molar-refractivity contribution in [3.05, 3.63) is 154 Å². The molecule has 0 saturated carbocycles. The van der Waals surface area contributed by atoms with Gasteiger partial charge in [0.15, 0.2) is 11.6 Å². The molecule has 2 N–H and O–H groups in total. The predicted molar refractivity (Wildman–Crippen MR) is 168 cm³/mol. The van der Waals surface area contributed by atoms with Gasteiger partial charge in [0.2, 0.25) is 0 Å². The Morgan fingerprint density at radius 2 is 0.780 bits per heavy atom. The molecular weight excluding hydrogens is 551 g/mol. The molecule has 0 unspecified atom stereocenters. The zero-order valence-electron chi connectivity index (χ0n) is 24.5. The van der Waals surface area contributed by atoms with Crippen LogP contribution in [0.1, 0.15) is 56.8 Å². The summed E-state index contributed by atoms with van der Waals surface area (Å²) < 4.78 is 0. The van der Waals surface area contributed by atoms with Crippen molar-refractivity contribution < 1.29 is 26.1 Å². The van der Waals surface area contributed by atoms with E-state index in [0.29, 0.717) is 11.1 Å². The Kier molecular flexibility index (Phi) is 13.0. The molecule has 5 heteroatoms. The molecular formula is C36H38N2NiO2. The molecule has 0 fully saturated rings. The summed E-state index contributed by atoms with van der Waals surface area (Å²) in [7, 11) is 0. The largest absolute Gasteiger partial charge is 0.359 e. The maximum absolute atomic E-state index is 12.1. The average Bonchev–Trinajstić information content (AvgIpc) is 2.94. The quantitative estimate of drug-likeness (QED) is 0.122. The summed E-state index contributed by atoms with van der Waals surface area (Å²) in [6.07, 6.45) is 3.28. The first-order valence-corrected chi connectivity index (χ1v) is 13.4. The van der Waals surface area contributed by atoms with Gasteiger partial charge in [-0.1, -0.05) is 97.1 Å². The molecule has 0 aromatic heterocycles. The molecule has 0 bridgehead atoms. The van der Waals surface area contributed by atoms with Crippen LogP contribution in [0.4, 0.5) is 11.4 Å². The van der Waals surface area contributed by atoms with Gasteiger partial charge in [0, 0.05) is 62.5 Å². The van der Waals surface area contributed by atoms with Crippen molar-refractivity contribution in [2.24, 2.45) is 0 Å². The van der Waals surface area contributed by atoms with Crippen LogP contribution in [0.15, 0.2) is 121 Å². The monoisotopic (exact) mass is 588 g/mol. The summed E-state index contributed by atoms with van der Waals surface area (Å²) in [4.78, 5) is 24.2. The fourth-order valence-electron chi connectivity index (χ4n) is 4.25. The first-order valence-electron chi connectivity index (χ1n) is 13.4. The standard InChI is InChI=1S/2C18H19NO.Ni/c2*1-13-8-7-9-14(2)18(13)19-15(3)12-17(20)16-10-5-4-6-11-16;/h2*4-12,19H,1-3H3;. The molecule has 0 atom stereocenters. The van der Waals surface area contributed by atoms with Gasteiger partial charge in [-0.3, -0.25) is 9.59 Å². The summed E-state index contributed by atoms with van der Waals surface area (Å²) in [5, 5.41) is 6.64. The van der Waals surface area contributed by atoms with Crippen molar-refractivity contribution in [2.45, 2.75) is 41.5 Å². The minimum Gasteiger partial charge on any atom is -0.359 e. The van der Waals surface area contributed by atoms with E-state index in [9.17, 15) is 9.59 Å². The Balaban J connectivity index is 0.000000280. The van der Waals surface area contributed by atoms with Crippen molar-refractivity contribution in [3.8, 4) is 0 Å². The molecule has 0 heterocycles. The van der Waals surface area contributed by atoms with Crippen LogP contribution >= 0.6 is 0 Å². The van der Waals surface area contributed by atoms with Crippen LogP contribution < -0.4 is 10.6 Å². The molecule has 0 aliphatic rings. The van der Waals surface area contributed by atoms with Crippen LogP contribution in [0.2, 0.25) is 0 Å². The van der Waals surface area contributed by atoms with Crippen LogP contribution in [0.5, 0.6) is 0 Å². The SMILES string of the molecule is CC(=CC(=O)c1ccccc1)Nc1c(C)cccc1C.CC(=CC(=O)c1ccccc1)Nc1c(C)cccc1C.[Ni]. The summed E-state index contributed by atoms with van der Waals surface area (Å²) in [5.41, 5.74) is 9.92. The fourth-order valence-corrected chi connectivity index (χ4v) is 4.25. The third-order valence-electron chi connectivity index (χ3n) is 6.42. The van der Waals surface area contributed by atoms with Gasteiger partial charge in [-0.15, -0.1) is 0 Å². The van der Waals surface area contributed by atoms with E-state index in [1.807, 2.05) is 86.6 Å². The van der Waals surface area contributed by atoms with Gasteiger partial charge in [-0.25, -0.2) is 0 Å². The van der Waals surface area contributed by atoms with Crippen molar-refractivity contribution in [3.63, 3.8) is 0 Å². The molecule has 0 amide bonds. The van der Waals surface area contributed by atoms with Crippen LogP contribution in [0, 0.1) is 27.7 Å². The predicted octanol–water partition coefficient (Wildman–Crippen LogP) is 9.00. The first kappa shape index (κ1) is 33.0. The molecule has 4 rings (SSSR count). The number of para-hydroxylation sites is 2. The normalized spacial score (nSPS) is 11.0. The van der Waals surface area contributed by atoms with Crippen LogP contribution in [0.3, 0.4) is 0 Å². The number of aryl methyl sites for hydroxylation is 4. The minimum absolute atomic E-state index is 0. The smallest absolute Gasteiger partial charge is 0.187 e. The van der Waals surface area contributed by atoms with E-state index >= 15 is 0 Å². The van der Waals surface area contributed by atoms with Crippen molar-refractivity contribution >= 4 is 22.9 Å². The second-order valence-electron chi connectivity index (χ2n) is 9.90. The zero-order chi connectivity index (χ0) is 29.1. The third kappa shape index (κ3) is 10.0. The Labute approximate surface area is 254 Å². The van der Waals surface area contributed by atoms with E-state index < -0.39 is 0 Å². The van der Waals surface area contributed by atoms with Gasteiger partial charge in [0.1, 0.15) is 0 Å². The van der Waals surface area contributed by atoms with Crippen molar-refractivity contribution in [1.82, 2.24) is 0 Å². The van der Waals surface area contributed by atoms with E-state index in [0.717, 1.165) is 22.8 Å². The molecule has 0 radical (unpaired) electrons. The summed E-state index contributed by atoms with van der Waals surface area (Å²) in [6.45, 7) is 12.0. The van der Waals surface area contributed by atoms with Gasteiger partial charge < -0.3 is 10.6 Å². The summed E-state index contributed by atoms with van der Waals surface area (Å²) in [5.74, 6) is 0.0312. The van der Waals surface area contributed by atoms with E-state index in [4.69, 9.17) is 0 Å². The second kappa shape index (κ2) is 16.2. The molecule has 0 aliphatic carbocycles. The Morgan fingerprint density at radius 1 is 0.488 bits per heavy atom. The fraction of sp³-hybridized carbons (Fsp3) is 0.167. The summed E-state index contributed by atoms with van der Waals surface area (Å²) in [6, 6.07) is 30.9. The van der Waals surface area contributed by atoms with Crippen molar-refractivity contribution in [1.29, 1.82) is 0 Å². The van der Waals surface area contributed by atoms with Gasteiger partial charge in [0.25, 0.3) is 0 Å². The zero-order valence-corrected chi connectivity index (χ0v) is 25.5. The molecule has 0 spiro atoms. The van der Waals surface area contributed by atoms with Gasteiger partial charge >= 0.3 is 0 Å². The number of benzene rings is 4. The molecule has 4 nitrogen and oxygen atoms in total. The maximum Gasteiger partial charge on any atom is 0.187 e. The Morgan fingerprint density at radius 3 is 1.07 bits per heavy atom. The number of carbonyl (C=O) groups excluding carboxylic acids is 2. The number of carbonyl (C=O) groups is 2. The molecule has 4 aromatic carbocycles. The molecule has 4 aromatic rings. The number of ketones is 2. The number of nitrogens with one attached hydrogen (secondary N) is 2. The Bertz CT molecular complexity index is 1370. The van der Waals surface area contributed by atoms with E-state index in [2.05, 4.69) is 62.6 Å². The first-order chi connectivity index (χ1) is 19.2. The van der Waals surface area contributed by atoms with Gasteiger partial charge in [0.05, 0.1) is 0 Å². The van der Waals surface area contributed by atoms with Gasteiger partial charge in [-0.2, -0.15) is 0 Å². The molecule has 0 aliphatic heterocycles. The number of rotatable bonds is 8. The number of hydrogen-bond donors (Lipinski definition) is 2. The second-order valence-corrected chi connectivity index (χ2v) is 9.90. The van der Waals surface area contributed by atoms with Crippen LogP contribution in [-0.2, 0) is 16.5 Å².